The predicted molar refractivity (Wildman–Crippen MR) is 106 cm³/mol. The third kappa shape index (κ3) is 7.22. The van der Waals surface area contributed by atoms with Gasteiger partial charge >= 0.3 is 0 Å². The summed E-state index contributed by atoms with van der Waals surface area (Å²) < 4.78 is 0. The molecule has 2 rings (SSSR count). The molecule has 1 aromatic rings. The minimum absolute atomic E-state index is 0. The van der Waals surface area contributed by atoms with Gasteiger partial charge in [-0.25, -0.2) is 0 Å². The molecule has 0 saturated carbocycles. The van der Waals surface area contributed by atoms with Crippen LogP contribution < -0.4 is 4.90 Å². The zero-order valence-electron chi connectivity index (χ0n) is 16.4. The molecule has 0 spiro atoms. The second-order valence-corrected chi connectivity index (χ2v) is 7.42. The normalized spacial score (nSPS) is 20.8. The molecule has 3 atom stereocenters. The molecule has 145 valence electrons. The Bertz CT molecular complexity index is 480. The van der Waals surface area contributed by atoms with Crippen LogP contribution in [0.1, 0.15) is 82.8 Å². The van der Waals surface area contributed by atoms with Crippen LogP contribution in [0.3, 0.4) is 0 Å². The molecule has 1 fully saturated rings. The monoisotopic (exact) mass is 435 g/mol. The Balaban J connectivity index is 0.00000338. The van der Waals surface area contributed by atoms with Gasteiger partial charge in [-0.2, -0.15) is 6.42 Å². The van der Waals surface area contributed by atoms with E-state index < -0.39 is 0 Å². The predicted octanol–water partition coefficient (Wildman–Crippen LogP) is 5.02. The first-order chi connectivity index (χ1) is 12.2. The van der Waals surface area contributed by atoms with Crippen molar-refractivity contribution >= 4 is 5.69 Å². The third-order valence-corrected chi connectivity index (χ3v) is 5.45. The van der Waals surface area contributed by atoms with Gasteiger partial charge < -0.3 is 22.0 Å². The summed E-state index contributed by atoms with van der Waals surface area (Å²) in [5, 5.41) is 20.7. The molecule has 1 aromatic carbocycles. The van der Waals surface area contributed by atoms with Crippen molar-refractivity contribution < 1.29 is 42.9 Å². The summed E-state index contributed by atoms with van der Waals surface area (Å²) in [6.45, 7) is 7.00. The van der Waals surface area contributed by atoms with Gasteiger partial charge in [0.15, 0.2) is 0 Å². The average Bonchev–Trinajstić information content (AvgIpc) is 3.00. The zero-order chi connectivity index (χ0) is 18.1. The third-order valence-electron chi connectivity index (χ3n) is 5.45. The number of hydrogen-bond donors (Lipinski definition) is 2. The molecule has 26 heavy (non-hydrogen) atoms. The number of nitrogens with zero attached hydrogens (tertiary/aromatic N) is 1. The van der Waals surface area contributed by atoms with E-state index in [4.69, 9.17) is 0 Å². The maximum absolute atomic E-state index is 10.3. The maximum atomic E-state index is 10.3. The van der Waals surface area contributed by atoms with E-state index in [0.29, 0.717) is 0 Å². The van der Waals surface area contributed by atoms with Crippen LogP contribution in [0.2, 0.25) is 0 Å². The van der Waals surface area contributed by atoms with E-state index >= 15 is 0 Å². The molecule has 2 N–H and O–H groups in total. The van der Waals surface area contributed by atoms with Crippen molar-refractivity contribution in [3.63, 3.8) is 0 Å². The Morgan fingerprint density at radius 2 is 1.85 bits per heavy atom. The Hall–Kier alpha value is 0.0439. The second-order valence-electron chi connectivity index (χ2n) is 7.42. The van der Waals surface area contributed by atoms with E-state index in [9.17, 15) is 10.2 Å². The molecule has 0 bridgehead atoms. The summed E-state index contributed by atoms with van der Waals surface area (Å²) >= 11 is 0. The molecule has 3 nitrogen and oxygen atoms in total. The van der Waals surface area contributed by atoms with E-state index in [0.717, 1.165) is 50.6 Å². The molecule has 4 heteroatoms. The summed E-state index contributed by atoms with van der Waals surface area (Å²) in [4.78, 5) is 2.35. The summed E-state index contributed by atoms with van der Waals surface area (Å²) in [6, 6.07) is 8.55. The molecule has 1 aliphatic rings. The Labute approximate surface area is 185 Å². The molecule has 0 amide bonds. The van der Waals surface area contributed by atoms with E-state index in [1.807, 2.05) is 0 Å². The van der Waals surface area contributed by atoms with E-state index in [-0.39, 0.29) is 51.0 Å². The maximum Gasteiger partial charge on any atom is 0.0790 e. The first-order valence-corrected chi connectivity index (χ1v) is 10.2. The van der Waals surface area contributed by atoms with Gasteiger partial charge in [0.05, 0.1) is 18.2 Å². The summed E-state index contributed by atoms with van der Waals surface area (Å²) in [7, 11) is 0. The smallest absolute Gasteiger partial charge is 0.0790 e. The first kappa shape index (κ1) is 24.1. The van der Waals surface area contributed by atoms with Gasteiger partial charge in [0, 0.05) is 44.9 Å². The fraction of sp³-hybridized carbons (Fsp3) is 0.682. The van der Waals surface area contributed by atoms with Crippen LogP contribution in [0.25, 0.3) is 0 Å². The minimum atomic E-state index is -0.358. The van der Waals surface area contributed by atoms with Crippen molar-refractivity contribution in [2.24, 2.45) is 0 Å². The molecule has 1 saturated heterocycles. The van der Waals surface area contributed by atoms with E-state index in [1.54, 1.807) is 0 Å². The number of aliphatic hydroxyl groups excluding tert-OH is 2. The van der Waals surface area contributed by atoms with E-state index in [2.05, 4.69) is 43.0 Å². The number of unbranched alkanes of at least 4 members (excludes halogenated alkanes) is 5. The Morgan fingerprint density at radius 1 is 1.12 bits per heavy atom. The van der Waals surface area contributed by atoms with Crippen LogP contribution >= 0.6 is 0 Å². The fourth-order valence-electron chi connectivity index (χ4n) is 3.86. The average molecular weight is 435 g/mol. The molecule has 0 aliphatic carbocycles. The molecule has 0 aromatic heterocycles. The van der Waals surface area contributed by atoms with Crippen molar-refractivity contribution in [3.8, 4) is 0 Å². The number of benzene rings is 1. The van der Waals surface area contributed by atoms with Crippen molar-refractivity contribution in [2.45, 2.75) is 89.4 Å². The minimum Gasteiger partial charge on any atom is -0.391 e. The SMILES string of the molecule is [CH2-]CCCCCC1C(O)CCN1c1ccc(C(O)CCCCC)cc1.[Y]. The second kappa shape index (κ2) is 13.3. The van der Waals surface area contributed by atoms with Crippen LogP contribution in [0.5, 0.6) is 0 Å². The number of hydrogen-bond acceptors (Lipinski definition) is 3. The Morgan fingerprint density at radius 3 is 2.50 bits per heavy atom. The van der Waals surface area contributed by atoms with Crippen LogP contribution in [-0.2, 0) is 32.7 Å². The van der Waals surface area contributed by atoms with Crippen LogP contribution in [-0.4, -0.2) is 28.9 Å². The molecule has 1 heterocycles. The van der Waals surface area contributed by atoms with Crippen LogP contribution in [0, 0.1) is 6.92 Å². The van der Waals surface area contributed by atoms with Crippen molar-refractivity contribution in [2.75, 3.05) is 11.4 Å². The first-order valence-electron chi connectivity index (χ1n) is 10.2. The number of rotatable bonds is 11. The summed E-state index contributed by atoms with van der Waals surface area (Å²) in [5.41, 5.74) is 2.18. The van der Waals surface area contributed by atoms with Crippen molar-refractivity contribution in [1.82, 2.24) is 0 Å². The Kier molecular flexibility index (Phi) is 12.3. The number of aliphatic hydroxyl groups is 2. The quantitative estimate of drug-likeness (QED) is 0.379. The van der Waals surface area contributed by atoms with Crippen molar-refractivity contribution in [3.05, 3.63) is 36.8 Å². The van der Waals surface area contributed by atoms with Gasteiger partial charge in [-0.1, -0.05) is 57.6 Å². The van der Waals surface area contributed by atoms with Gasteiger partial charge in [-0.15, -0.1) is 0 Å². The van der Waals surface area contributed by atoms with E-state index in [1.165, 1.54) is 31.4 Å². The zero-order valence-corrected chi connectivity index (χ0v) is 19.3. The van der Waals surface area contributed by atoms with Crippen LogP contribution in [0.4, 0.5) is 5.69 Å². The molecular formula is C22H36NO2Y-. The van der Waals surface area contributed by atoms with Crippen LogP contribution in [0.15, 0.2) is 24.3 Å². The van der Waals surface area contributed by atoms with Gasteiger partial charge in [0.2, 0.25) is 0 Å². The molecule has 1 aliphatic heterocycles. The van der Waals surface area contributed by atoms with Crippen molar-refractivity contribution in [1.29, 1.82) is 0 Å². The molecular weight excluding hydrogens is 399 g/mol. The fourth-order valence-corrected chi connectivity index (χ4v) is 3.86. The molecule has 3 unspecified atom stereocenters. The summed E-state index contributed by atoms with van der Waals surface area (Å²) in [6.07, 6.45) is 10.1. The number of anilines is 1. The van der Waals surface area contributed by atoms with Gasteiger partial charge in [-0.05, 0) is 37.0 Å². The summed E-state index contributed by atoms with van der Waals surface area (Å²) in [5.74, 6) is 0. The topological polar surface area (TPSA) is 43.7 Å². The van der Waals surface area contributed by atoms with Gasteiger partial charge in [0.25, 0.3) is 0 Å². The molecule has 1 radical (unpaired) electrons. The largest absolute Gasteiger partial charge is 0.391 e. The standard InChI is InChI=1S/C22H36NO2.Y/c1-3-5-7-9-10-20-22(25)16-17-23(20)19-14-12-18(13-15-19)21(24)11-8-6-4-2;/h12-15,20-22,24-25H,1,3-11,16-17H2,2H3;/q-1;. The van der Waals surface area contributed by atoms with Gasteiger partial charge in [-0.3, -0.25) is 0 Å². The van der Waals surface area contributed by atoms with Gasteiger partial charge in [0.1, 0.15) is 0 Å².